The molecule has 1 aliphatic heterocycles. The summed E-state index contributed by atoms with van der Waals surface area (Å²) in [6.45, 7) is 2.99. The lowest BCUT2D eigenvalue weighted by atomic mass is 10.1. The molecule has 0 unspecified atom stereocenters. The van der Waals surface area contributed by atoms with Crippen LogP contribution >= 0.6 is 0 Å². The number of rotatable bonds is 4. The zero-order valence-electron chi connectivity index (χ0n) is 14.8. The van der Waals surface area contributed by atoms with Crippen LogP contribution in [0.5, 0.6) is 0 Å². The van der Waals surface area contributed by atoms with Gasteiger partial charge in [-0.3, -0.25) is 9.59 Å². The van der Waals surface area contributed by atoms with Crippen LogP contribution in [0.2, 0.25) is 0 Å². The second kappa shape index (κ2) is 7.82. The third-order valence-corrected chi connectivity index (χ3v) is 4.62. The third kappa shape index (κ3) is 4.30. The molecule has 4 nitrogen and oxygen atoms in total. The van der Waals surface area contributed by atoms with E-state index in [1.165, 1.54) is 4.90 Å². The molecule has 0 N–H and O–H groups in total. The Morgan fingerprint density at radius 1 is 1.00 bits per heavy atom. The molecule has 2 amide bonds. The molecular formula is C20H19F3N2O2. The standard InChI is InChI=1S/C20H19F3N2O2/c1-13-2-4-14(5-3-13)11-24-8-9-25(12-18(24)27)17(26)10-15-6-7-16(21)20(23)19(15)22/h2-7H,8-12H2,1H3. The Morgan fingerprint density at radius 2 is 1.70 bits per heavy atom. The lowest BCUT2D eigenvalue weighted by Gasteiger charge is -2.34. The Morgan fingerprint density at radius 3 is 2.37 bits per heavy atom. The SMILES string of the molecule is Cc1ccc(CN2CCN(C(=O)Cc3ccc(F)c(F)c3F)CC2=O)cc1. The largest absolute Gasteiger partial charge is 0.335 e. The Bertz CT molecular complexity index is 868. The predicted octanol–water partition coefficient (Wildman–Crippen LogP) is 2.83. The average Bonchev–Trinajstić information content (AvgIpc) is 2.65. The molecule has 1 heterocycles. The van der Waals surface area contributed by atoms with E-state index in [9.17, 15) is 22.8 Å². The van der Waals surface area contributed by atoms with Gasteiger partial charge in [-0.15, -0.1) is 0 Å². The maximum Gasteiger partial charge on any atom is 0.242 e. The highest BCUT2D eigenvalue weighted by Crippen LogP contribution is 2.17. The van der Waals surface area contributed by atoms with E-state index in [1.54, 1.807) is 4.90 Å². The Balaban J connectivity index is 1.60. The van der Waals surface area contributed by atoms with Gasteiger partial charge in [0, 0.05) is 25.2 Å². The van der Waals surface area contributed by atoms with Crippen molar-refractivity contribution in [2.75, 3.05) is 19.6 Å². The van der Waals surface area contributed by atoms with Crippen LogP contribution in [-0.2, 0) is 22.6 Å². The quantitative estimate of drug-likeness (QED) is 0.770. The molecule has 0 spiro atoms. The molecule has 2 aromatic carbocycles. The van der Waals surface area contributed by atoms with Crippen LogP contribution in [0.1, 0.15) is 16.7 Å². The van der Waals surface area contributed by atoms with E-state index in [4.69, 9.17) is 0 Å². The average molecular weight is 376 g/mol. The van der Waals surface area contributed by atoms with E-state index >= 15 is 0 Å². The number of carbonyl (C=O) groups is 2. The molecule has 0 bridgehead atoms. The highest BCUT2D eigenvalue weighted by atomic mass is 19.2. The fraction of sp³-hybridized carbons (Fsp3) is 0.300. The number of benzene rings is 2. The molecule has 1 fully saturated rings. The molecule has 0 radical (unpaired) electrons. The first-order valence-corrected chi connectivity index (χ1v) is 8.58. The summed E-state index contributed by atoms with van der Waals surface area (Å²) in [6.07, 6.45) is -0.422. The molecule has 0 aromatic heterocycles. The highest BCUT2D eigenvalue weighted by Gasteiger charge is 2.28. The van der Waals surface area contributed by atoms with Gasteiger partial charge in [0.15, 0.2) is 17.5 Å². The van der Waals surface area contributed by atoms with Crippen molar-refractivity contribution >= 4 is 11.8 Å². The van der Waals surface area contributed by atoms with E-state index in [2.05, 4.69) is 0 Å². The molecule has 27 heavy (non-hydrogen) atoms. The predicted molar refractivity (Wildman–Crippen MR) is 93.2 cm³/mol. The van der Waals surface area contributed by atoms with Gasteiger partial charge in [-0.2, -0.15) is 0 Å². The van der Waals surface area contributed by atoms with E-state index in [0.717, 1.165) is 23.3 Å². The van der Waals surface area contributed by atoms with Gasteiger partial charge in [-0.1, -0.05) is 35.9 Å². The molecule has 3 rings (SSSR count). The van der Waals surface area contributed by atoms with Gasteiger partial charge >= 0.3 is 0 Å². The normalized spacial score (nSPS) is 14.6. The van der Waals surface area contributed by atoms with Gasteiger partial charge in [-0.05, 0) is 18.6 Å². The Kier molecular flexibility index (Phi) is 5.48. The van der Waals surface area contributed by atoms with Crippen molar-refractivity contribution in [3.05, 3.63) is 70.5 Å². The first kappa shape index (κ1) is 18.9. The Hall–Kier alpha value is -2.83. The van der Waals surface area contributed by atoms with Crippen molar-refractivity contribution in [2.45, 2.75) is 19.9 Å². The second-order valence-corrected chi connectivity index (χ2v) is 6.63. The molecular weight excluding hydrogens is 357 g/mol. The maximum atomic E-state index is 13.7. The number of hydrogen-bond acceptors (Lipinski definition) is 2. The van der Waals surface area contributed by atoms with Crippen molar-refractivity contribution < 1.29 is 22.8 Å². The van der Waals surface area contributed by atoms with E-state index in [0.29, 0.717) is 19.6 Å². The summed E-state index contributed by atoms with van der Waals surface area (Å²) in [6, 6.07) is 9.66. The van der Waals surface area contributed by atoms with Gasteiger partial charge in [0.05, 0.1) is 13.0 Å². The maximum absolute atomic E-state index is 13.7. The number of nitrogens with zero attached hydrogens (tertiary/aromatic N) is 2. The molecule has 7 heteroatoms. The Labute approximate surface area is 155 Å². The van der Waals surface area contributed by atoms with Gasteiger partial charge in [0.25, 0.3) is 0 Å². The molecule has 1 saturated heterocycles. The fourth-order valence-corrected chi connectivity index (χ4v) is 2.98. The van der Waals surface area contributed by atoms with Crippen LogP contribution in [0, 0.1) is 24.4 Å². The van der Waals surface area contributed by atoms with Gasteiger partial charge in [-0.25, -0.2) is 13.2 Å². The molecule has 2 aromatic rings. The van der Waals surface area contributed by atoms with Crippen LogP contribution in [-0.4, -0.2) is 41.2 Å². The zero-order valence-corrected chi connectivity index (χ0v) is 14.8. The van der Waals surface area contributed by atoms with Crippen molar-refractivity contribution in [1.29, 1.82) is 0 Å². The monoisotopic (exact) mass is 376 g/mol. The van der Waals surface area contributed by atoms with E-state index in [-0.39, 0.29) is 18.0 Å². The van der Waals surface area contributed by atoms with E-state index < -0.39 is 29.8 Å². The topological polar surface area (TPSA) is 40.6 Å². The van der Waals surface area contributed by atoms with Crippen molar-refractivity contribution in [3.8, 4) is 0 Å². The summed E-state index contributed by atoms with van der Waals surface area (Å²) in [5.41, 5.74) is 1.90. The molecule has 0 aliphatic carbocycles. The third-order valence-electron chi connectivity index (χ3n) is 4.62. The summed E-state index contributed by atoms with van der Waals surface area (Å²) >= 11 is 0. The van der Waals surface area contributed by atoms with Gasteiger partial charge in [0.1, 0.15) is 0 Å². The van der Waals surface area contributed by atoms with Crippen LogP contribution < -0.4 is 0 Å². The lowest BCUT2D eigenvalue weighted by molar-refractivity contribution is -0.145. The molecule has 0 saturated carbocycles. The summed E-state index contributed by atoms with van der Waals surface area (Å²) < 4.78 is 40.0. The van der Waals surface area contributed by atoms with Crippen LogP contribution in [0.15, 0.2) is 36.4 Å². The van der Waals surface area contributed by atoms with E-state index in [1.807, 2.05) is 31.2 Å². The highest BCUT2D eigenvalue weighted by molar-refractivity contribution is 5.87. The molecule has 1 aliphatic rings. The van der Waals surface area contributed by atoms with Crippen LogP contribution in [0.4, 0.5) is 13.2 Å². The van der Waals surface area contributed by atoms with Crippen molar-refractivity contribution in [3.63, 3.8) is 0 Å². The number of piperazine rings is 1. The van der Waals surface area contributed by atoms with Crippen molar-refractivity contribution in [2.24, 2.45) is 0 Å². The number of carbonyl (C=O) groups excluding carboxylic acids is 2. The first-order valence-electron chi connectivity index (χ1n) is 8.58. The first-order chi connectivity index (χ1) is 12.8. The van der Waals surface area contributed by atoms with Crippen LogP contribution in [0.25, 0.3) is 0 Å². The number of halogens is 3. The number of aryl methyl sites for hydroxylation is 1. The number of hydrogen-bond donors (Lipinski definition) is 0. The zero-order chi connectivity index (χ0) is 19.6. The summed E-state index contributed by atoms with van der Waals surface area (Å²) in [4.78, 5) is 27.7. The minimum atomic E-state index is -1.60. The summed E-state index contributed by atoms with van der Waals surface area (Å²) in [7, 11) is 0. The number of amides is 2. The van der Waals surface area contributed by atoms with Gasteiger partial charge in [0.2, 0.25) is 11.8 Å². The van der Waals surface area contributed by atoms with Gasteiger partial charge < -0.3 is 9.80 Å². The second-order valence-electron chi connectivity index (χ2n) is 6.63. The minimum Gasteiger partial charge on any atom is -0.335 e. The molecule has 0 atom stereocenters. The van der Waals surface area contributed by atoms with Crippen molar-refractivity contribution in [1.82, 2.24) is 9.80 Å². The summed E-state index contributed by atoms with van der Waals surface area (Å²) in [5.74, 6) is -4.97. The fourth-order valence-electron chi connectivity index (χ4n) is 2.98. The molecule has 142 valence electrons. The smallest absolute Gasteiger partial charge is 0.242 e. The lowest BCUT2D eigenvalue weighted by Crippen LogP contribution is -2.52. The summed E-state index contributed by atoms with van der Waals surface area (Å²) in [5, 5.41) is 0. The van der Waals surface area contributed by atoms with Crippen LogP contribution in [0.3, 0.4) is 0 Å². The minimum absolute atomic E-state index is 0.115.